The molecule has 0 bridgehead atoms. The molecule has 2 aromatic carbocycles. The number of hydrogen-bond acceptors (Lipinski definition) is 4. The average Bonchev–Trinajstić information content (AvgIpc) is 3.56. The number of nitrogens with zero attached hydrogens (tertiary/aromatic N) is 1. The fourth-order valence-corrected chi connectivity index (χ4v) is 3.91. The Balaban J connectivity index is 1.54. The van der Waals surface area contributed by atoms with Gasteiger partial charge in [0.25, 0.3) is 0 Å². The summed E-state index contributed by atoms with van der Waals surface area (Å²) in [6.45, 7) is 4.94. The summed E-state index contributed by atoms with van der Waals surface area (Å²) in [4.78, 5) is 2.64. The molecule has 2 aromatic rings. The fourth-order valence-electron chi connectivity index (χ4n) is 3.91. The van der Waals surface area contributed by atoms with Crippen molar-refractivity contribution in [3.63, 3.8) is 0 Å². The van der Waals surface area contributed by atoms with Crippen LogP contribution in [-0.2, 0) is 6.61 Å². The van der Waals surface area contributed by atoms with Gasteiger partial charge in [-0.3, -0.25) is 4.90 Å². The van der Waals surface area contributed by atoms with E-state index in [0.717, 1.165) is 43.6 Å². The largest absolute Gasteiger partial charge is 0.493 e. The van der Waals surface area contributed by atoms with Gasteiger partial charge in [-0.1, -0.05) is 49.2 Å². The minimum Gasteiger partial charge on any atom is -0.493 e. The van der Waals surface area contributed by atoms with Gasteiger partial charge in [-0.15, -0.1) is 0 Å². The molecule has 1 saturated carbocycles. The highest BCUT2D eigenvalue weighted by molar-refractivity contribution is 5.44. The van der Waals surface area contributed by atoms with Crippen molar-refractivity contribution in [2.75, 3.05) is 33.3 Å². The van der Waals surface area contributed by atoms with Crippen LogP contribution < -0.4 is 14.8 Å². The number of piperazine rings is 1. The topological polar surface area (TPSA) is 33.7 Å². The number of hydrogen-bond donors (Lipinski definition) is 1. The maximum absolute atomic E-state index is 6.16. The lowest BCUT2D eigenvalue weighted by Crippen LogP contribution is -2.45. The molecule has 0 aromatic heterocycles. The second kappa shape index (κ2) is 8.77. The van der Waals surface area contributed by atoms with Gasteiger partial charge in [0, 0.05) is 32.2 Å². The summed E-state index contributed by atoms with van der Waals surface area (Å²) in [7, 11) is 1.71. The Kier molecular flexibility index (Phi) is 5.95. The Morgan fingerprint density at radius 2 is 1.81 bits per heavy atom. The minimum absolute atomic E-state index is 0.476. The summed E-state index contributed by atoms with van der Waals surface area (Å²) in [5.41, 5.74) is 2.52. The van der Waals surface area contributed by atoms with Crippen LogP contribution in [0.1, 0.15) is 36.4 Å². The molecule has 0 radical (unpaired) electrons. The molecule has 4 nitrogen and oxygen atoms in total. The van der Waals surface area contributed by atoms with Gasteiger partial charge in [0.1, 0.15) is 6.61 Å². The lowest BCUT2D eigenvalue weighted by Gasteiger charge is -2.35. The van der Waals surface area contributed by atoms with E-state index in [1.54, 1.807) is 7.11 Å². The van der Waals surface area contributed by atoms with E-state index >= 15 is 0 Å². The molecular weight excluding hydrogens is 336 g/mol. The van der Waals surface area contributed by atoms with E-state index in [-0.39, 0.29) is 0 Å². The number of nitrogens with one attached hydrogen (secondary N) is 1. The Hall–Kier alpha value is -2.04. The lowest BCUT2D eigenvalue weighted by molar-refractivity contribution is 0.160. The van der Waals surface area contributed by atoms with Crippen LogP contribution in [0.3, 0.4) is 0 Å². The molecule has 1 aliphatic heterocycles. The monoisotopic (exact) mass is 366 g/mol. The van der Waals surface area contributed by atoms with E-state index in [2.05, 4.69) is 40.5 Å². The highest BCUT2D eigenvalue weighted by Gasteiger charge is 2.30. The quantitative estimate of drug-likeness (QED) is 0.765. The minimum atomic E-state index is 0.476. The third kappa shape index (κ3) is 4.82. The average molecular weight is 367 g/mol. The van der Waals surface area contributed by atoms with Crippen molar-refractivity contribution in [1.29, 1.82) is 0 Å². The molecule has 1 heterocycles. The van der Waals surface area contributed by atoms with Gasteiger partial charge in [-0.05, 0) is 35.6 Å². The predicted octanol–water partition coefficient (Wildman–Crippen LogP) is 4.02. The summed E-state index contributed by atoms with van der Waals surface area (Å²) in [6, 6.07) is 17.3. The summed E-state index contributed by atoms with van der Waals surface area (Å²) < 4.78 is 11.7. The SMILES string of the molecule is COc1ccc([C@H](CC2CC2)N2CCNCC2)cc1OCc1ccccc1. The van der Waals surface area contributed by atoms with E-state index in [0.29, 0.717) is 12.6 Å². The van der Waals surface area contributed by atoms with Gasteiger partial charge in [0.2, 0.25) is 0 Å². The molecule has 1 saturated heterocycles. The molecule has 1 aliphatic carbocycles. The van der Waals surface area contributed by atoms with Crippen molar-refractivity contribution in [3.8, 4) is 11.5 Å². The van der Waals surface area contributed by atoms with E-state index in [4.69, 9.17) is 9.47 Å². The van der Waals surface area contributed by atoms with Crippen molar-refractivity contribution in [2.45, 2.75) is 31.9 Å². The van der Waals surface area contributed by atoms with Gasteiger partial charge in [0.05, 0.1) is 7.11 Å². The van der Waals surface area contributed by atoms with Crippen LogP contribution in [0.2, 0.25) is 0 Å². The zero-order valence-electron chi connectivity index (χ0n) is 16.2. The molecule has 144 valence electrons. The van der Waals surface area contributed by atoms with Gasteiger partial charge in [-0.25, -0.2) is 0 Å². The van der Waals surface area contributed by atoms with Crippen LogP contribution in [0.15, 0.2) is 48.5 Å². The molecule has 2 fully saturated rings. The molecule has 0 unspecified atom stereocenters. The first-order valence-electron chi connectivity index (χ1n) is 10.1. The molecule has 0 amide bonds. The molecule has 1 N–H and O–H groups in total. The summed E-state index contributed by atoms with van der Waals surface area (Å²) in [5.74, 6) is 2.54. The van der Waals surface area contributed by atoms with Crippen molar-refractivity contribution < 1.29 is 9.47 Å². The molecule has 4 rings (SSSR count). The van der Waals surface area contributed by atoms with Crippen molar-refractivity contribution >= 4 is 0 Å². The fraction of sp³-hybridized carbons (Fsp3) is 0.478. The van der Waals surface area contributed by atoms with Crippen molar-refractivity contribution in [3.05, 3.63) is 59.7 Å². The van der Waals surface area contributed by atoms with Crippen LogP contribution in [0.5, 0.6) is 11.5 Å². The maximum atomic E-state index is 6.16. The molecule has 27 heavy (non-hydrogen) atoms. The van der Waals surface area contributed by atoms with E-state index in [1.165, 1.54) is 30.4 Å². The Morgan fingerprint density at radius 3 is 2.52 bits per heavy atom. The third-order valence-corrected chi connectivity index (χ3v) is 5.66. The second-order valence-corrected chi connectivity index (χ2v) is 7.67. The lowest BCUT2D eigenvalue weighted by atomic mass is 9.98. The zero-order valence-corrected chi connectivity index (χ0v) is 16.2. The zero-order chi connectivity index (χ0) is 18.5. The normalized spacial score (nSPS) is 18.9. The Bertz CT molecular complexity index is 724. The number of rotatable bonds is 8. The van der Waals surface area contributed by atoms with Gasteiger partial charge in [0.15, 0.2) is 11.5 Å². The van der Waals surface area contributed by atoms with E-state index in [1.807, 2.05) is 18.2 Å². The summed E-state index contributed by atoms with van der Waals surface area (Å²) in [6.07, 6.45) is 4.02. The van der Waals surface area contributed by atoms with Crippen molar-refractivity contribution in [2.24, 2.45) is 5.92 Å². The smallest absolute Gasteiger partial charge is 0.161 e. The maximum Gasteiger partial charge on any atom is 0.161 e. The molecule has 0 spiro atoms. The standard InChI is InChI=1S/C23H30N2O2/c1-26-22-10-9-20(16-23(22)27-17-19-5-3-2-4-6-19)21(15-18-7-8-18)25-13-11-24-12-14-25/h2-6,9-10,16,18,21,24H,7-8,11-15,17H2,1H3/t21-/m0/s1. The Morgan fingerprint density at radius 1 is 1.04 bits per heavy atom. The van der Waals surface area contributed by atoms with Crippen LogP contribution >= 0.6 is 0 Å². The highest BCUT2D eigenvalue weighted by atomic mass is 16.5. The number of methoxy groups -OCH3 is 1. The van der Waals surface area contributed by atoms with Gasteiger partial charge in [-0.2, -0.15) is 0 Å². The van der Waals surface area contributed by atoms with Crippen LogP contribution in [0.4, 0.5) is 0 Å². The molecule has 1 atom stereocenters. The molecule has 4 heteroatoms. The second-order valence-electron chi connectivity index (χ2n) is 7.67. The number of ether oxygens (including phenoxy) is 2. The van der Waals surface area contributed by atoms with Crippen LogP contribution in [0, 0.1) is 5.92 Å². The predicted molar refractivity (Wildman–Crippen MR) is 108 cm³/mol. The van der Waals surface area contributed by atoms with Gasteiger partial charge < -0.3 is 14.8 Å². The highest BCUT2D eigenvalue weighted by Crippen LogP contribution is 2.42. The van der Waals surface area contributed by atoms with E-state index < -0.39 is 0 Å². The summed E-state index contributed by atoms with van der Waals surface area (Å²) in [5, 5.41) is 3.47. The molecule has 2 aliphatic rings. The van der Waals surface area contributed by atoms with Crippen LogP contribution in [-0.4, -0.2) is 38.2 Å². The van der Waals surface area contributed by atoms with Gasteiger partial charge >= 0.3 is 0 Å². The van der Waals surface area contributed by atoms with E-state index in [9.17, 15) is 0 Å². The third-order valence-electron chi connectivity index (χ3n) is 5.66. The van der Waals surface area contributed by atoms with Crippen LogP contribution in [0.25, 0.3) is 0 Å². The first-order valence-corrected chi connectivity index (χ1v) is 10.1. The Labute approximate surface area is 162 Å². The first kappa shape index (κ1) is 18.3. The number of benzene rings is 2. The first-order chi connectivity index (χ1) is 13.3. The van der Waals surface area contributed by atoms with Crippen molar-refractivity contribution in [1.82, 2.24) is 10.2 Å². The molecular formula is C23H30N2O2. The summed E-state index contributed by atoms with van der Waals surface area (Å²) >= 11 is 0.